The van der Waals surface area contributed by atoms with Gasteiger partial charge in [0.15, 0.2) is 0 Å². The Balaban J connectivity index is 1.50. The van der Waals surface area contributed by atoms with E-state index in [-0.39, 0.29) is 11.8 Å². The van der Waals surface area contributed by atoms with Gasteiger partial charge in [-0.1, -0.05) is 47.1 Å². The van der Waals surface area contributed by atoms with Crippen LogP contribution in [0.3, 0.4) is 0 Å². The minimum absolute atomic E-state index is 0.116. The normalized spacial score (nSPS) is 16.2. The first-order valence-electron chi connectivity index (χ1n) is 9.10. The number of carbonyl (C=O) groups is 1. The van der Waals surface area contributed by atoms with Crippen LogP contribution in [-0.2, 0) is 11.3 Å². The van der Waals surface area contributed by atoms with E-state index < -0.39 is 0 Å². The third-order valence-corrected chi connectivity index (χ3v) is 5.05. The van der Waals surface area contributed by atoms with Crippen LogP contribution < -0.4 is 5.32 Å². The predicted molar refractivity (Wildman–Crippen MR) is 103 cm³/mol. The molecule has 0 saturated carbocycles. The summed E-state index contributed by atoms with van der Waals surface area (Å²) >= 11 is 3.45. The molecule has 1 aromatic carbocycles. The number of likely N-dealkylation sites (tertiary alicyclic amines) is 1. The zero-order chi connectivity index (χ0) is 18.5. The summed E-state index contributed by atoms with van der Waals surface area (Å²) in [6, 6.07) is 7.84. The van der Waals surface area contributed by atoms with Crippen molar-refractivity contribution in [1.29, 1.82) is 0 Å². The molecule has 1 N–H and O–H groups in total. The van der Waals surface area contributed by atoms with Crippen LogP contribution in [0.15, 0.2) is 33.3 Å². The van der Waals surface area contributed by atoms with Gasteiger partial charge in [0.2, 0.25) is 17.6 Å². The van der Waals surface area contributed by atoms with E-state index in [1.165, 1.54) is 0 Å². The molecule has 7 heteroatoms. The van der Waals surface area contributed by atoms with E-state index in [0.29, 0.717) is 24.2 Å². The van der Waals surface area contributed by atoms with Gasteiger partial charge < -0.3 is 9.84 Å². The van der Waals surface area contributed by atoms with Gasteiger partial charge in [0.05, 0.1) is 6.54 Å². The summed E-state index contributed by atoms with van der Waals surface area (Å²) in [7, 11) is 0. The first kappa shape index (κ1) is 19.0. The Hall–Kier alpha value is -1.73. The molecule has 1 aliphatic heterocycles. The smallest absolute Gasteiger partial charge is 0.241 e. The zero-order valence-corrected chi connectivity index (χ0v) is 16.8. The fourth-order valence-corrected chi connectivity index (χ4v) is 3.46. The minimum Gasteiger partial charge on any atom is -0.356 e. The van der Waals surface area contributed by atoms with Gasteiger partial charge in [0.1, 0.15) is 0 Å². The Labute approximate surface area is 162 Å². The summed E-state index contributed by atoms with van der Waals surface area (Å²) < 4.78 is 6.39. The molecule has 0 aliphatic carbocycles. The van der Waals surface area contributed by atoms with Gasteiger partial charge in [-0.2, -0.15) is 4.98 Å². The topological polar surface area (TPSA) is 71.3 Å². The van der Waals surface area contributed by atoms with E-state index in [1.807, 2.05) is 24.3 Å². The van der Waals surface area contributed by atoms with Gasteiger partial charge in [-0.3, -0.25) is 9.69 Å². The minimum atomic E-state index is 0.116. The number of nitrogens with one attached hydrogen (secondary N) is 1. The summed E-state index contributed by atoms with van der Waals surface area (Å²) in [5.41, 5.74) is 0.926. The maximum absolute atomic E-state index is 12.2. The summed E-state index contributed by atoms with van der Waals surface area (Å²) in [4.78, 5) is 18.9. The third kappa shape index (κ3) is 5.14. The van der Waals surface area contributed by atoms with Crippen LogP contribution in [-0.4, -0.2) is 40.6 Å². The van der Waals surface area contributed by atoms with E-state index in [2.05, 4.69) is 50.1 Å². The SMILES string of the molecule is CC(C)CNC(=O)C1CCN(Cc2nc(-c3cccc(Br)c3)no2)CC1. The second kappa shape index (κ2) is 8.77. The van der Waals surface area contributed by atoms with Crippen molar-refractivity contribution in [3.05, 3.63) is 34.6 Å². The molecule has 1 aromatic heterocycles. The molecule has 0 radical (unpaired) electrons. The fourth-order valence-electron chi connectivity index (χ4n) is 3.06. The molecule has 6 nitrogen and oxygen atoms in total. The number of amides is 1. The zero-order valence-electron chi connectivity index (χ0n) is 15.2. The monoisotopic (exact) mass is 420 g/mol. The molecule has 0 spiro atoms. The summed E-state index contributed by atoms with van der Waals surface area (Å²) in [6.45, 7) is 7.33. The number of rotatable bonds is 6. The molecule has 2 aromatic rings. The number of nitrogens with zero attached hydrogens (tertiary/aromatic N) is 3. The molecule has 140 valence electrons. The highest BCUT2D eigenvalue weighted by Gasteiger charge is 2.26. The van der Waals surface area contributed by atoms with E-state index >= 15 is 0 Å². The van der Waals surface area contributed by atoms with Crippen molar-refractivity contribution in [3.8, 4) is 11.4 Å². The van der Waals surface area contributed by atoms with Gasteiger partial charge in [-0.25, -0.2) is 0 Å². The maximum Gasteiger partial charge on any atom is 0.241 e. The van der Waals surface area contributed by atoms with Crippen molar-refractivity contribution in [2.24, 2.45) is 11.8 Å². The van der Waals surface area contributed by atoms with Crippen LogP contribution in [0.4, 0.5) is 0 Å². The molecule has 1 aliphatic rings. The van der Waals surface area contributed by atoms with Crippen molar-refractivity contribution in [3.63, 3.8) is 0 Å². The Morgan fingerprint density at radius 2 is 2.15 bits per heavy atom. The highest BCUT2D eigenvalue weighted by atomic mass is 79.9. The number of benzene rings is 1. The van der Waals surface area contributed by atoms with Crippen molar-refractivity contribution < 1.29 is 9.32 Å². The quantitative estimate of drug-likeness (QED) is 0.774. The molecule has 0 atom stereocenters. The molecule has 3 rings (SSSR count). The predicted octanol–water partition coefficient (Wildman–Crippen LogP) is 3.48. The van der Waals surface area contributed by atoms with Gasteiger partial charge in [-0.15, -0.1) is 0 Å². The summed E-state index contributed by atoms with van der Waals surface area (Å²) in [5, 5.41) is 7.12. The van der Waals surface area contributed by atoms with Gasteiger partial charge >= 0.3 is 0 Å². The number of aromatic nitrogens is 2. The Morgan fingerprint density at radius 3 is 2.85 bits per heavy atom. The standard InChI is InChI=1S/C19H25BrN4O2/c1-13(2)11-21-19(25)14-6-8-24(9-7-14)12-17-22-18(23-26-17)15-4-3-5-16(20)10-15/h3-5,10,13-14H,6-9,11-12H2,1-2H3,(H,21,25). The van der Waals surface area contributed by atoms with Crippen LogP contribution in [0.5, 0.6) is 0 Å². The Bertz CT molecular complexity index is 739. The molecular formula is C19H25BrN4O2. The first-order valence-corrected chi connectivity index (χ1v) is 9.89. The lowest BCUT2D eigenvalue weighted by Crippen LogP contribution is -2.41. The lowest BCUT2D eigenvalue weighted by Gasteiger charge is -2.30. The fraction of sp³-hybridized carbons (Fsp3) is 0.526. The number of hydrogen-bond acceptors (Lipinski definition) is 5. The van der Waals surface area contributed by atoms with E-state index in [9.17, 15) is 4.79 Å². The number of hydrogen-bond donors (Lipinski definition) is 1. The lowest BCUT2D eigenvalue weighted by atomic mass is 9.95. The van der Waals surface area contributed by atoms with E-state index in [1.54, 1.807) is 0 Å². The Kier molecular flexibility index (Phi) is 6.43. The summed E-state index contributed by atoms with van der Waals surface area (Å²) in [5.74, 6) is 2.00. The molecule has 1 fully saturated rings. The molecule has 0 unspecified atom stereocenters. The Morgan fingerprint density at radius 1 is 1.38 bits per heavy atom. The van der Waals surface area contributed by atoms with Crippen LogP contribution in [0, 0.1) is 11.8 Å². The van der Waals surface area contributed by atoms with Gasteiger partial charge in [-0.05, 0) is 44.0 Å². The van der Waals surface area contributed by atoms with Crippen LogP contribution in [0.25, 0.3) is 11.4 Å². The maximum atomic E-state index is 12.2. The average Bonchev–Trinajstić information content (AvgIpc) is 3.09. The second-order valence-corrected chi connectivity index (χ2v) is 8.13. The van der Waals surface area contributed by atoms with Crippen molar-refractivity contribution in [2.45, 2.75) is 33.2 Å². The lowest BCUT2D eigenvalue weighted by molar-refractivity contribution is -0.126. The molecule has 1 saturated heterocycles. The van der Waals surface area contributed by atoms with Crippen molar-refractivity contribution in [1.82, 2.24) is 20.4 Å². The molecule has 26 heavy (non-hydrogen) atoms. The highest BCUT2D eigenvalue weighted by Crippen LogP contribution is 2.22. The van der Waals surface area contributed by atoms with Crippen LogP contribution >= 0.6 is 15.9 Å². The first-order chi connectivity index (χ1) is 12.5. The van der Waals surface area contributed by atoms with Crippen molar-refractivity contribution in [2.75, 3.05) is 19.6 Å². The average molecular weight is 421 g/mol. The second-order valence-electron chi connectivity index (χ2n) is 7.21. The molecule has 2 heterocycles. The van der Waals surface area contributed by atoms with E-state index in [4.69, 9.17) is 4.52 Å². The molecule has 0 bridgehead atoms. The van der Waals surface area contributed by atoms with Crippen LogP contribution in [0.1, 0.15) is 32.6 Å². The van der Waals surface area contributed by atoms with Gasteiger partial charge in [0.25, 0.3) is 0 Å². The number of carbonyl (C=O) groups excluding carboxylic acids is 1. The van der Waals surface area contributed by atoms with Crippen molar-refractivity contribution >= 4 is 21.8 Å². The van der Waals surface area contributed by atoms with E-state index in [0.717, 1.165) is 42.5 Å². The third-order valence-electron chi connectivity index (χ3n) is 4.55. The van der Waals surface area contributed by atoms with Gasteiger partial charge in [0, 0.05) is 22.5 Å². The summed E-state index contributed by atoms with van der Waals surface area (Å²) in [6.07, 6.45) is 1.74. The molecule has 1 amide bonds. The van der Waals surface area contributed by atoms with Crippen LogP contribution in [0.2, 0.25) is 0 Å². The molecular weight excluding hydrogens is 396 g/mol. The highest BCUT2D eigenvalue weighted by molar-refractivity contribution is 9.10. The largest absolute Gasteiger partial charge is 0.356 e. The number of piperidine rings is 1. The number of halogens is 1.